The number of para-hydroxylation sites is 1. The van der Waals surface area contributed by atoms with Gasteiger partial charge in [0.25, 0.3) is 5.78 Å². The molecule has 0 fully saturated rings. The van der Waals surface area contributed by atoms with E-state index in [2.05, 4.69) is 4.74 Å². The maximum atomic E-state index is 12.6. The summed E-state index contributed by atoms with van der Waals surface area (Å²) in [5, 5.41) is 0. The fraction of sp³-hybridized carbons (Fsp3) is 0.278. The number of carbonyl (C=O) groups is 1. The number of halogens is 6. The van der Waals surface area contributed by atoms with Crippen LogP contribution in [0.15, 0.2) is 42.5 Å². The van der Waals surface area contributed by atoms with E-state index in [9.17, 15) is 31.1 Å². The fourth-order valence-electron chi connectivity index (χ4n) is 2.82. The number of hydrogen-bond donors (Lipinski definition) is 0. The van der Waals surface area contributed by atoms with Crippen LogP contribution in [0.25, 0.3) is 11.1 Å². The van der Waals surface area contributed by atoms with Crippen LogP contribution in [0.4, 0.5) is 32.0 Å². The molecule has 0 aliphatic carbocycles. The van der Waals surface area contributed by atoms with Crippen LogP contribution in [0.1, 0.15) is 0 Å². The molecule has 10 heteroatoms. The Morgan fingerprint density at radius 3 is 2.46 bits per heavy atom. The molecule has 0 saturated heterocycles. The molecule has 0 atom stereocenters. The summed E-state index contributed by atoms with van der Waals surface area (Å²) in [4.78, 5) is 12.6. The fourth-order valence-corrected chi connectivity index (χ4v) is 2.82. The Hall–Kier alpha value is -2.91. The largest absolute Gasteiger partial charge is 0.573 e. The second-order valence-corrected chi connectivity index (χ2v) is 5.92. The number of rotatable bonds is 4. The molecule has 1 aliphatic heterocycles. The summed E-state index contributed by atoms with van der Waals surface area (Å²) >= 11 is 0. The van der Waals surface area contributed by atoms with Crippen molar-refractivity contribution >= 4 is 11.5 Å². The summed E-state index contributed by atoms with van der Waals surface area (Å²) < 4.78 is 84.5. The van der Waals surface area contributed by atoms with Crippen LogP contribution < -0.4 is 14.4 Å². The Balaban J connectivity index is 1.95. The molecule has 4 nitrogen and oxygen atoms in total. The molecule has 1 heterocycles. The molecular formula is C18H13F6NO3. The number of ketones is 1. The molecule has 0 spiro atoms. The average Bonchev–Trinajstić information content (AvgIpc) is 2.59. The van der Waals surface area contributed by atoms with Gasteiger partial charge in [-0.25, -0.2) is 0 Å². The number of hydrogen-bond acceptors (Lipinski definition) is 4. The topological polar surface area (TPSA) is 38.8 Å². The van der Waals surface area contributed by atoms with Crippen LogP contribution in [0, 0.1) is 0 Å². The number of nitrogens with zero attached hydrogens (tertiary/aromatic N) is 1. The third kappa shape index (κ3) is 4.49. The molecule has 3 rings (SSSR count). The number of Topliss-reactive ketones (excluding diaryl/α,β-unsaturated/α-hetero) is 1. The summed E-state index contributed by atoms with van der Waals surface area (Å²) in [6, 6.07) is 9.70. The summed E-state index contributed by atoms with van der Waals surface area (Å²) in [6.07, 6.45) is -9.82. The van der Waals surface area contributed by atoms with Gasteiger partial charge in [0.05, 0.1) is 18.8 Å². The zero-order valence-electron chi connectivity index (χ0n) is 14.1. The highest BCUT2D eigenvalue weighted by Crippen LogP contribution is 2.41. The molecule has 150 valence electrons. The summed E-state index contributed by atoms with van der Waals surface area (Å²) in [5.41, 5.74) is 0.945. The predicted molar refractivity (Wildman–Crippen MR) is 87.3 cm³/mol. The molecule has 0 bridgehead atoms. The Labute approximate surface area is 155 Å². The minimum absolute atomic E-state index is 0.0217. The summed E-state index contributed by atoms with van der Waals surface area (Å²) in [7, 11) is 0. The van der Waals surface area contributed by atoms with Crippen LogP contribution >= 0.6 is 0 Å². The Bertz CT molecular complexity index is 878. The van der Waals surface area contributed by atoms with E-state index in [0.717, 1.165) is 12.1 Å². The van der Waals surface area contributed by atoms with E-state index in [4.69, 9.17) is 4.74 Å². The molecule has 0 amide bonds. The maximum absolute atomic E-state index is 12.6. The van der Waals surface area contributed by atoms with E-state index in [1.807, 2.05) is 0 Å². The Morgan fingerprint density at radius 2 is 1.79 bits per heavy atom. The number of fused-ring (bicyclic) bond motifs is 1. The number of ether oxygens (including phenoxy) is 2. The quantitative estimate of drug-likeness (QED) is 0.698. The van der Waals surface area contributed by atoms with Gasteiger partial charge in [0, 0.05) is 5.56 Å². The third-order valence-electron chi connectivity index (χ3n) is 3.97. The number of alkyl halides is 6. The van der Waals surface area contributed by atoms with E-state index >= 15 is 0 Å². The molecule has 0 saturated carbocycles. The first-order valence-corrected chi connectivity index (χ1v) is 8.01. The minimum Gasteiger partial charge on any atom is -0.489 e. The van der Waals surface area contributed by atoms with Crippen molar-refractivity contribution in [2.45, 2.75) is 12.5 Å². The molecule has 2 aromatic rings. The van der Waals surface area contributed by atoms with E-state index in [-0.39, 0.29) is 24.6 Å². The van der Waals surface area contributed by atoms with Crippen LogP contribution in [-0.2, 0) is 4.79 Å². The molecule has 0 radical (unpaired) electrons. The van der Waals surface area contributed by atoms with Crippen molar-refractivity contribution in [2.24, 2.45) is 0 Å². The highest BCUT2D eigenvalue weighted by Gasteiger charge is 2.40. The minimum atomic E-state index is -4.96. The number of anilines is 1. The predicted octanol–water partition coefficient (Wildman–Crippen LogP) is 4.58. The molecular weight excluding hydrogens is 392 g/mol. The average molecular weight is 405 g/mol. The number of benzene rings is 2. The van der Waals surface area contributed by atoms with Crippen molar-refractivity contribution in [3.63, 3.8) is 0 Å². The highest BCUT2D eigenvalue weighted by atomic mass is 19.4. The molecule has 0 unspecified atom stereocenters. The lowest BCUT2D eigenvalue weighted by Crippen LogP contribution is -2.41. The van der Waals surface area contributed by atoms with Gasteiger partial charge in [-0.1, -0.05) is 24.3 Å². The maximum Gasteiger partial charge on any atom is 0.573 e. The van der Waals surface area contributed by atoms with Gasteiger partial charge in [0.1, 0.15) is 12.4 Å². The summed E-state index contributed by atoms with van der Waals surface area (Å²) in [6.45, 7) is -0.788. The first kappa shape index (κ1) is 19.8. The van der Waals surface area contributed by atoms with Crippen molar-refractivity contribution in [1.29, 1.82) is 0 Å². The van der Waals surface area contributed by atoms with Gasteiger partial charge in [0.2, 0.25) is 0 Å². The molecule has 1 aliphatic rings. The SMILES string of the molecule is O=C(CN1CCOc2c(-c3cccc(OC(F)(F)F)c3)cccc21)C(F)(F)F. The van der Waals surface area contributed by atoms with Gasteiger partial charge in [-0.2, -0.15) is 13.2 Å². The number of carbonyl (C=O) groups excluding carboxylic acids is 1. The normalized spacial score (nSPS) is 14.3. The van der Waals surface area contributed by atoms with Crippen molar-refractivity contribution in [1.82, 2.24) is 0 Å². The Morgan fingerprint density at radius 1 is 1.07 bits per heavy atom. The summed E-state index contributed by atoms with van der Waals surface area (Å²) in [5.74, 6) is -2.15. The monoisotopic (exact) mass is 405 g/mol. The molecule has 2 aromatic carbocycles. The lowest BCUT2D eigenvalue weighted by Gasteiger charge is -2.32. The van der Waals surface area contributed by atoms with Crippen molar-refractivity contribution in [2.75, 3.05) is 24.6 Å². The lowest BCUT2D eigenvalue weighted by atomic mass is 10.0. The van der Waals surface area contributed by atoms with E-state index < -0.39 is 30.6 Å². The zero-order chi connectivity index (χ0) is 20.5. The van der Waals surface area contributed by atoms with E-state index in [1.165, 1.54) is 29.2 Å². The molecule has 0 aromatic heterocycles. The third-order valence-corrected chi connectivity index (χ3v) is 3.97. The standard InChI is InChI=1S/C18H13F6NO3/c19-17(20,21)15(26)10-25-7-8-27-16-13(5-2-6-14(16)25)11-3-1-4-12(9-11)28-18(22,23)24/h1-6,9H,7-8,10H2. The molecule has 0 N–H and O–H groups in total. The highest BCUT2D eigenvalue weighted by molar-refractivity contribution is 5.90. The van der Waals surface area contributed by atoms with E-state index in [0.29, 0.717) is 11.1 Å². The van der Waals surface area contributed by atoms with E-state index in [1.54, 1.807) is 6.07 Å². The first-order chi connectivity index (χ1) is 13.0. The van der Waals surface area contributed by atoms with Crippen LogP contribution in [0.5, 0.6) is 11.5 Å². The van der Waals surface area contributed by atoms with Gasteiger partial charge < -0.3 is 14.4 Å². The van der Waals surface area contributed by atoms with Crippen LogP contribution in [0.3, 0.4) is 0 Å². The van der Waals surface area contributed by atoms with Crippen LogP contribution in [-0.4, -0.2) is 38.0 Å². The van der Waals surface area contributed by atoms with Crippen molar-refractivity contribution in [3.05, 3.63) is 42.5 Å². The smallest absolute Gasteiger partial charge is 0.489 e. The van der Waals surface area contributed by atoms with Gasteiger partial charge in [-0.05, 0) is 23.8 Å². The zero-order valence-corrected chi connectivity index (χ0v) is 14.1. The van der Waals surface area contributed by atoms with Gasteiger partial charge in [-0.3, -0.25) is 4.79 Å². The van der Waals surface area contributed by atoms with Crippen molar-refractivity contribution < 1.29 is 40.6 Å². The van der Waals surface area contributed by atoms with Gasteiger partial charge >= 0.3 is 12.5 Å². The Kier molecular flexibility index (Phi) is 5.14. The molecule has 28 heavy (non-hydrogen) atoms. The van der Waals surface area contributed by atoms with Crippen LogP contribution in [0.2, 0.25) is 0 Å². The van der Waals surface area contributed by atoms with Crippen molar-refractivity contribution in [3.8, 4) is 22.6 Å². The second kappa shape index (κ2) is 7.25. The van der Waals surface area contributed by atoms with Gasteiger partial charge in [-0.15, -0.1) is 13.2 Å². The first-order valence-electron chi connectivity index (χ1n) is 8.01. The lowest BCUT2D eigenvalue weighted by molar-refractivity contribution is -0.274. The second-order valence-electron chi connectivity index (χ2n) is 5.92. The van der Waals surface area contributed by atoms with Gasteiger partial charge in [0.15, 0.2) is 5.75 Å².